The number of hydrogen-bond donors (Lipinski definition) is 2. The number of carbonyl (C=O) groups is 1. The van der Waals surface area contributed by atoms with Crippen molar-refractivity contribution in [3.63, 3.8) is 0 Å². The Morgan fingerprint density at radius 2 is 1.86 bits per heavy atom. The van der Waals surface area contributed by atoms with Crippen molar-refractivity contribution in [1.29, 1.82) is 0 Å². The number of piperidine rings is 1. The Kier molecular flexibility index (Phi) is 5.91. The Bertz CT molecular complexity index is 469. The molecule has 0 radical (unpaired) electrons. The molecule has 1 aliphatic heterocycles. The molecule has 22 heavy (non-hydrogen) atoms. The van der Waals surface area contributed by atoms with E-state index in [4.69, 9.17) is 5.73 Å². The summed E-state index contributed by atoms with van der Waals surface area (Å²) in [5.74, 6) is 0.155. The van der Waals surface area contributed by atoms with E-state index in [0.29, 0.717) is 6.04 Å². The van der Waals surface area contributed by atoms with E-state index in [-0.39, 0.29) is 17.9 Å². The van der Waals surface area contributed by atoms with E-state index in [1.807, 2.05) is 26.2 Å². The Morgan fingerprint density at radius 3 is 2.41 bits per heavy atom. The molecule has 1 saturated heterocycles. The van der Waals surface area contributed by atoms with Gasteiger partial charge in [0.1, 0.15) is 0 Å². The molecule has 122 valence electrons. The molecule has 1 aliphatic rings. The second kappa shape index (κ2) is 7.70. The number of aromatic nitrogens is 1. The third kappa shape index (κ3) is 4.27. The van der Waals surface area contributed by atoms with Gasteiger partial charge in [-0.05, 0) is 43.4 Å². The zero-order chi connectivity index (χ0) is 16.1. The number of carbonyl (C=O) groups excluding carboxylic acids is 1. The summed E-state index contributed by atoms with van der Waals surface area (Å²) in [5.41, 5.74) is 7.19. The molecule has 1 aromatic heterocycles. The van der Waals surface area contributed by atoms with E-state index in [2.05, 4.69) is 34.3 Å². The van der Waals surface area contributed by atoms with Crippen molar-refractivity contribution < 1.29 is 4.79 Å². The summed E-state index contributed by atoms with van der Waals surface area (Å²) < 4.78 is 0. The Labute approximate surface area is 133 Å². The molecule has 1 amide bonds. The van der Waals surface area contributed by atoms with Gasteiger partial charge in [-0.15, -0.1) is 0 Å². The van der Waals surface area contributed by atoms with Crippen molar-refractivity contribution in [3.8, 4) is 0 Å². The van der Waals surface area contributed by atoms with E-state index >= 15 is 0 Å². The van der Waals surface area contributed by atoms with Crippen LogP contribution in [0.3, 0.4) is 0 Å². The van der Waals surface area contributed by atoms with Gasteiger partial charge in [-0.3, -0.25) is 14.7 Å². The first-order valence-corrected chi connectivity index (χ1v) is 8.19. The van der Waals surface area contributed by atoms with E-state index in [0.717, 1.165) is 25.9 Å². The molecule has 1 fully saturated rings. The van der Waals surface area contributed by atoms with Crippen LogP contribution < -0.4 is 11.1 Å². The summed E-state index contributed by atoms with van der Waals surface area (Å²) >= 11 is 0. The van der Waals surface area contributed by atoms with Crippen LogP contribution >= 0.6 is 0 Å². The first kappa shape index (κ1) is 16.9. The molecule has 1 unspecified atom stereocenters. The monoisotopic (exact) mass is 304 g/mol. The van der Waals surface area contributed by atoms with Gasteiger partial charge in [0.05, 0.1) is 6.04 Å². The largest absolute Gasteiger partial charge is 0.352 e. The molecule has 0 aromatic carbocycles. The maximum Gasteiger partial charge on any atom is 0.237 e. The highest BCUT2D eigenvalue weighted by atomic mass is 16.2. The third-order valence-corrected chi connectivity index (χ3v) is 4.63. The molecule has 5 heteroatoms. The van der Waals surface area contributed by atoms with E-state index in [1.165, 1.54) is 5.56 Å². The van der Waals surface area contributed by atoms with Crippen LogP contribution in [0, 0.1) is 5.92 Å². The fourth-order valence-electron chi connectivity index (χ4n) is 2.88. The molecule has 2 atom stereocenters. The maximum atomic E-state index is 12.0. The van der Waals surface area contributed by atoms with Crippen molar-refractivity contribution in [2.24, 2.45) is 11.7 Å². The fourth-order valence-corrected chi connectivity index (χ4v) is 2.88. The molecular weight excluding hydrogens is 276 g/mol. The van der Waals surface area contributed by atoms with Crippen molar-refractivity contribution in [2.45, 2.75) is 51.7 Å². The third-order valence-electron chi connectivity index (χ3n) is 4.63. The van der Waals surface area contributed by atoms with E-state index < -0.39 is 6.04 Å². The van der Waals surface area contributed by atoms with Crippen molar-refractivity contribution in [3.05, 3.63) is 30.1 Å². The Balaban J connectivity index is 1.82. The van der Waals surface area contributed by atoms with Crippen LogP contribution in [0.1, 0.15) is 45.2 Å². The maximum absolute atomic E-state index is 12.0. The van der Waals surface area contributed by atoms with Crippen LogP contribution in [0.25, 0.3) is 0 Å². The lowest BCUT2D eigenvalue weighted by atomic mass is 9.99. The van der Waals surface area contributed by atoms with Crippen molar-refractivity contribution in [2.75, 3.05) is 13.1 Å². The highest BCUT2D eigenvalue weighted by Crippen LogP contribution is 2.23. The standard InChI is InChI=1S/C17H28N4O/c1-12(2)16(18)17(22)20-15-6-10-21(11-7-15)13(3)14-4-8-19-9-5-14/h4-5,8-9,12-13,15-16H,6-7,10-11,18H2,1-3H3,(H,20,22)/t13?,16-/m0/s1. The summed E-state index contributed by atoms with van der Waals surface area (Å²) in [4.78, 5) is 18.6. The van der Waals surface area contributed by atoms with Gasteiger partial charge >= 0.3 is 0 Å². The molecule has 3 N–H and O–H groups in total. The number of amides is 1. The Hall–Kier alpha value is -1.46. The molecule has 0 aliphatic carbocycles. The van der Waals surface area contributed by atoms with Gasteiger partial charge in [0, 0.05) is 37.6 Å². The van der Waals surface area contributed by atoms with Gasteiger partial charge in [-0.1, -0.05) is 13.8 Å². The topological polar surface area (TPSA) is 71.2 Å². The lowest BCUT2D eigenvalue weighted by molar-refractivity contribution is -0.124. The number of hydrogen-bond acceptors (Lipinski definition) is 4. The first-order chi connectivity index (χ1) is 10.5. The average molecular weight is 304 g/mol. The number of likely N-dealkylation sites (tertiary alicyclic amines) is 1. The normalized spacial score (nSPS) is 19.9. The zero-order valence-corrected chi connectivity index (χ0v) is 13.8. The molecule has 0 bridgehead atoms. The second-order valence-corrected chi connectivity index (χ2v) is 6.55. The lowest BCUT2D eigenvalue weighted by Crippen LogP contribution is -2.51. The predicted octanol–water partition coefficient (Wildman–Crippen LogP) is 1.71. The van der Waals surface area contributed by atoms with Gasteiger partial charge in [0.25, 0.3) is 0 Å². The second-order valence-electron chi connectivity index (χ2n) is 6.55. The number of pyridine rings is 1. The molecule has 2 heterocycles. The van der Waals surface area contributed by atoms with E-state index in [9.17, 15) is 4.79 Å². The summed E-state index contributed by atoms with van der Waals surface area (Å²) in [6.45, 7) is 8.16. The van der Waals surface area contributed by atoms with Crippen LogP contribution in [0.15, 0.2) is 24.5 Å². The van der Waals surface area contributed by atoms with Crippen LogP contribution in [0.4, 0.5) is 0 Å². The SMILES string of the molecule is CC(C)[C@H](N)C(=O)NC1CCN(C(C)c2ccncc2)CC1. The number of nitrogens with one attached hydrogen (secondary N) is 1. The lowest BCUT2D eigenvalue weighted by Gasteiger charge is -2.36. The molecule has 1 aromatic rings. The van der Waals surface area contributed by atoms with Gasteiger partial charge in [-0.2, -0.15) is 0 Å². The van der Waals surface area contributed by atoms with Crippen molar-refractivity contribution in [1.82, 2.24) is 15.2 Å². The molecule has 2 rings (SSSR count). The zero-order valence-electron chi connectivity index (χ0n) is 13.8. The number of rotatable bonds is 5. The average Bonchev–Trinajstić information content (AvgIpc) is 2.54. The smallest absolute Gasteiger partial charge is 0.237 e. The van der Waals surface area contributed by atoms with Crippen LogP contribution in [-0.2, 0) is 4.79 Å². The van der Waals surface area contributed by atoms with Crippen molar-refractivity contribution >= 4 is 5.91 Å². The van der Waals surface area contributed by atoms with Crippen LogP contribution in [0.5, 0.6) is 0 Å². The van der Waals surface area contributed by atoms with Crippen LogP contribution in [-0.4, -0.2) is 41.0 Å². The van der Waals surface area contributed by atoms with E-state index in [1.54, 1.807) is 0 Å². The first-order valence-electron chi connectivity index (χ1n) is 8.19. The van der Waals surface area contributed by atoms with Gasteiger partial charge in [0.2, 0.25) is 5.91 Å². The number of nitrogens with two attached hydrogens (primary N) is 1. The summed E-state index contributed by atoms with van der Waals surface area (Å²) in [5, 5.41) is 3.10. The van der Waals surface area contributed by atoms with Crippen LogP contribution in [0.2, 0.25) is 0 Å². The molecule has 5 nitrogen and oxygen atoms in total. The number of nitrogens with zero attached hydrogens (tertiary/aromatic N) is 2. The minimum atomic E-state index is -0.409. The fraction of sp³-hybridized carbons (Fsp3) is 0.647. The van der Waals surface area contributed by atoms with Gasteiger partial charge in [0.15, 0.2) is 0 Å². The molecular formula is C17H28N4O. The highest BCUT2D eigenvalue weighted by molar-refractivity contribution is 5.82. The Morgan fingerprint density at radius 1 is 1.27 bits per heavy atom. The quantitative estimate of drug-likeness (QED) is 0.868. The minimum Gasteiger partial charge on any atom is -0.352 e. The van der Waals surface area contributed by atoms with Gasteiger partial charge in [-0.25, -0.2) is 0 Å². The molecule has 0 spiro atoms. The molecule has 0 saturated carbocycles. The summed E-state index contributed by atoms with van der Waals surface area (Å²) in [7, 11) is 0. The predicted molar refractivity (Wildman–Crippen MR) is 88.2 cm³/mol. The minimum absolute atomic E-state index is 0.0179. The summed E-state index contributed by atoms with van der Waals surface area (Å²) in [6.07, 6.45) is 5.64. The highest BCUT2D eigenvalue weighted by Gasteiger charge is 2.26. The summed E-state index contributed by atoms with van der Waals surface area (Å²) in [6, 6.07) is 4.37. The van der Waals surface area contributed by atoms with Gasteiger partial charge < -0.3 is 11.1 Å².